The van der Waals surface area contributed by atoms with Gasteiger partial charge in [-0.15, -0.1) is 0 Å². The van der Waals surface area contributed by atoms with Crippen molar-refractivity contribution < 1.29 is 0 Å². The van der Waals surface area contributed by atoms with Crippen molar-refractivity contribution in [1.29, 1.82) is 0 Å². The molecule has 0 bridgehead atoms. The van der Waals surface area contributed by atoms with Crippen LogP contribution >= 0.6 is 0 Å². The zero-order valence-electron chi connectivity index (χ0n) is 12.8. The summed E-state index contributed by atoms with van der Waals surface area (Å²) in [5.74, 6) is 1.64. The first kappa shape index (κ1) is 16.0. The van der Waals surface area contributed by atoms with E-state index in [1.165, 1.54) is 58.0 Å². The number of hydrogen-bond donors (Lipinski definition) is 1. The quantitative estimate of drug-likeness (QED) is 0.716. The van der Waals surface area contributed by atoms with Gasteiger partial charge < -0.3 is 10.6 Å². The number of hydrogen-bond acceptors (Lipinski definition) is 2. The highest BCUT2D eigenvalue weighted by Gasteiger charge is 2.31. The van der Waals surface area contributed by atoms with Gasteiger partial charge in [0.1, 0.15) is 0 Å². The highest BCUT2D eigenvalue weighted by Crippen LogP contribution is 2.32. The molecule has 0 radical (unpaired) electrons. The van der Waals surface area contributed by atoms with Crippen molar-refractivity contribution in [1.82, 2.24) is 4.90 Å². The van der Waals surface area contributed by atoms with Crippen LogP contribution in [0.3, 0.4) is 0 Å². The summed E-state index contributed by atoms with van der Waals surface area (Å²) in [6.45, 7) is 10.4. The van der Waals surface area contributed by atoms with Crippen LogP contribution in [0.4, 0.5) is 0 Å². The van der Waals surface area contributed by atoms with Gasteiger partial charge in [0.2, 0.25) is 0 Å². The summed E-state index contributed by atoms with van der Waals surface area (Å²) in [6.07, 6.45) is 9.38. The van der Waals surface area contributed by atoms with Crippen LogP contribution in [0.5, 0.6) is 0 Å². The summed E-state index contributed by atoms with van der Waals surface area (Å²) in [5, 5.41) is 0. The average molecular weight is 254 g/mol. The Kier molecular flexibility index (Phi) is 7.92. The largest absolute Gasteiger partial charge is 0.330 e. The second-order valence-electron chi connectivity index (χ2n) is 6.22. The van der Waals surface area contributed by atoms with E-state index in [0.717, 1.165) is 24.4 Å². The number of unbranched alkanes of at least 4 members (excludes halogenated alkanes) is 2. The Labute approximate surface area is 114 Å². The van der Waals surface area contributed by atoms with Gasteiger partial charge in [-0.2, -0.15) is 0 Å². The zero-order chi connectivity index (χ0) is 13.4. The maximum absolute atomic E-state index is 6.01. The second kappa shape index (κ2) is 8.92. The molecule has 2 N–H and O–H groups in total. The van der Waals surface area contributed by atoms with Gasteiger partial charge in [0.05, 0.1) is 0 Å². The van der Waals surface area contributed by atoms with Gasteiger partial charge >= 0.3 is 0 Å². The van der Waals surface area contributed by atoms with Crippen LogP contribution in [0.2, 0.25) is 0 Å². The second-order valence-corrected chi connectivity index (χ2v) is 6.22. The van der Waals surface area contributed by atoms with Crippen molar-refractivity contribution in [2.24, 2.45) is 17.6 Å². The van der Waals surface area contributed by atoms with Gasteiger partial charge in [0.25, 0.3) is 0 Å². The highest BCUT2D eigenvalue weighted by atomic mass is 15.2. The molecule has 0 heterocycles. The molecule has 0 amide bonds. The molecular weight excluding hydrogens is 220 g/mol. The van der Waals surface area contributed by atoms with Crippen molar-refractivity contribution in [2.75, 3.05) is 19.6 Å². The Bertz CT molecular complexity index is 197. The minimum Gasteiger partial charge on any atom is -0.330 e. The van der Waals surface area contributed by atoms with Crippen LogP contribution in [0.15, 0.2) is 0 Å². The molecule has 18 heavy (non-hydrogen) atoms. The van der Waals surface area contributed by atoms with E-state index in [1.807, 2.05) is 0 Å². The average Bonchev–Trinajstić information content (AvgIpc) is 2.39. The molecule has 108 valence electrons. The Morgan fingerprint density at radius 1 is 1.06 bits per heavy atom. The summed E-state index contributed by atoms with van der Waals surface area (Å²) in [4.78, 5) is 2.76. The van der Waals surface area contributed by atoms with E-state index in [4.69, 9.17) is 5.73 Å². The maximum Gasteiger partial charge on any atom is 0.0138 e. The minimum atomic E-state index is 0.745. The molecule has 3 unspecified atom stereocenters. The Balaban J connectivity index is 2.59. The Morgan fingerprint density at radius 2 is 1.67 bits per heavy atom. The van der Waals surface area contributed by atoms with Gasteiger partial charge in [-0.1, -0.05) is 40.0 Å². The third-order valence-electron chi connectivity index (χ3n) is 4.59. The summed E-state index contributed by atoms with van der Waals surface area (Å²) in [7, 11) is 0. The zero-order valence-corrected chi connectivity index (χ0v) is 12.8. The van der Waals surface area contributed by atoms with Crippen molar-refractivity contribution in [3.8, 4) is 0 Å². The molecule has 0 aliphatic heterocycles. The van der Waals surface area contributed by atoms with Gasteiger partial charge in [-0.05, 0) is 57.2 Å². The summed E-state index contributed by atoms with van der Waals surface area (Å²) in [6, 6.07) is 0.761. The van der Waals surface area contributed by atoms with Crippen LogP contribution in [0.1, 0.15) is 65.7 Å². The molecule has 1 aliphatic rings. The number of rotatable bonds is 8. The third kappa shape index (κ3) is 4.89. The summed E-state index contributed by atoms with van der Waals surface area (Å²) in [5.41, 5.74) is 6.01. The highest BCUT2D eigenvalue weighted by molar-refractivity contribution is 4.86. The summed E-state index contributed by atoms with van der Waals surface area (Å²) >= 11 is 0. The van der Waals surface area contributed by atoms with Crippen molar-refractivity contribution in [3.63, 3.8) is 0 Å². The maximum atomic E-state index is 6.01. The van der Waals surface area contributed by atoms with E-state index in [2.05, 4.69) is 25.7 Å². The van der Waals surface area contributed by atoms with Crippen molar-refractivity contribution in [3.05, 3.63) is 0 Å². The predicted molar refractivity (Wildman–Crippen MR) is 80.7 cm³/mol. The number of nitrogens with zero attached hydrogens (tertiary/aromatic N) is 1. The van der Waals surface area contributed by atoms with Crippen LogP contribution in [-0.4, -0.2) is 30.6 Å². The Morgan fingerprint density at radius 3 is 2.17 bits per heavy atom. The van der Waals surface area contributed by atoms with Crippen LogP contribution in [0.25, 0.3) is 0 Å². The normalized spacial score (nSPS) is 28.8. The van der Waals surface area contributed by atoms with E-state index >= 15 is 0 Å². The van der Waals surface area contributed by atoms with Crippen LogP contribution in [-0.2, 0) is 0 Å². The van der Waals surface area contributed by atoms with Gasteiger partial charge in [0, 0.05) is 6.04 Å². The van der Waals surface area contributed by atoms with E-state index in [1.54, 1.807) is 0 Å². The smallest absolute Gasteiger partial charge is 0.0138 e. The monoisotopic (exact) mass is 254 g/mol. The van der Waals surface area contributed by atoms with E-state index < -0.39 is 0 Å². The van der Waals surface area contributed by atoms with E-state index in [0.29, 0.717) is 0 Å². The standard InChI is InChI=1S/C16H34N2/c1-4-6-10-18(11-7-5-2)16-12-14(3)8-9-15(16)13-17/h14-16H,4-13,17H2,1-3H3. The molecule has 3 atom stereocenters. The molecule has 1 aliphatic carbocycles. The molecule has 1 rings (SSSR count). The number of nitrogens with two attached hydrogens (primary N) is 1. The van der Waals surface area contributed by atoms with Gasteiger partial charge in [-0.3, -0.25) is 0 Å². The molecule has 0 saturated heterocycles. The fourth-order valence-corrected chi connectivity index (χ4v) is 3.30. The fourth-order valence-electron chi connectivity index (χ4n) is 3.30. The lowest BCUT2D eigenvalue weighted by atomic mass is 9.78. The molecular formula is C16H34N2. The summed E-state index contributed by atoms with van der Waals surface area (Å²) < 4.78 is 0. The van der Waals surface area contributed by atoms with Gasteiger partial charge in [-0.25, -0.2) is 0 Å². The van der Waals surface area contributed by atoms with E-state index in [9.17, 15) is 0 Å². The predicted octanol–water partition coefficient (Wildman–Crippen LogP) is 3.65. The minimum absolute atomic E-state index is 0.745. The topological polar surface area (TPSA) is 29.3 Å². The lowest BCUT2D eigenvalue weighted by Gasteiger charge is -2.42. The van der Waals surface area contributed by atoms with Crippen molar-refractivity contribution in [2.45, 2.75) is 71.8 Å². The molecule has 0 aromatic carbocycles. The van der Waals surface area contributed by atoms with Crippen LogP contribution < -0.4 is 5.73 Å². The molecule has 1 fully saturated rings. The molecule has 2 nitrogen and oxygen atoms in total. The first-order valence-electron chi connectivity index (χ1n) is 8.17. The molecule has 0 aromatic heterocycles. The molecule has 0 aromatic rings. The molecule has 1 saturated carbocycles. The molecule has 0 spiro atoms. The Hall–Kier alpha value is -0.0800. The van der Waals surface area contributed by atoms with E-state index in [-0.39, 0.29) is 0 Å². The lowest BCUT2D eigenvalue weighted by Crippen LogP contribution is -2.47. The van der Waals surface area contributed by atoms with Crippen molar-refractivity contribution >= 4 is 0 Å². The first-order valence-corrected chi connectivity index (χ1v) is 8.17. The molecule has 2 heteroatoms. The SMILES string of the molecule is CCCCN(CCCC)C1CC(C)CCC1CN. The lowest BCUT2D eigenvalue weighted by molar-refractivity contribution is 0.0831. The fraction of sp³-hybridized carbons (Fsp3) is 1.00. The van der Waals surface area contributed by atoms with Gasteiger partial charge in [0.15, 0.2) is 0 Å². The van der Waals surface area contributed by atoms with Crippen LogP contribution in [0, 0.1) is 11.8 Å². The first-order chi connectivity index (χ1) is 8.72. The third-order valence-corrected chi connectivity index (χ3v) is 4.59.